The average molecular weight is 405 g/mol. The van der Waals surface area contributed by atoms with Crippen molar-refractivity contribution in [2.75, 3.05) is 11.6 Å². The van der Waals surface area contributed by atoms with Crippen molar-refractivity contribution in [1.29, 1.82) is 0 Å². The lowest BCUT2D eigenvalue weighted by molar-refractivity contribution is 0.171. The molecule has 0 radical (unpaired) electrons. The molecule has 0 unspecified atom stereocenters. The number of thiazole rings is 1. The highest BCUT2D eigenvalue weighted by Gasteiger charge is 2.28. The Labute approximate surface area is 161 Å². The minimum Gasteiger partial charge on any atom is -0.391 e. The van der Waals surface area contributed by atoms with E-state index < -0.39 is 15.9 Å². The van der Waals surface area contributed by atoms with Crippen LogP contribution in [-0.2, 0) is 9.84 Å². The fraction of sp³-hybridized carbons (Fsp3) is 0.389. The molecule has 1 fully saturated rings. The van der Waals surface area contributed by atoms with Gasteiger partial charge in [-0.05, 0) is 38.3 Å². The van der Waals surface area contributed by atoms with Gasteiger partial charge in [-0.15, -0.1) is 11.3 Å². The van der Waals surface area contributed by atoms with Crippen molar-refractivity contribution in [1.82, 2.24) is 15.0 Å². The Morgan fingerprint density at radius 2 is 1.96 bits per heavy atom. The minimum absolute atomic E-state index is 0.167. The van der Waals surface area contributed by atoms with Crippen molar-refractivity contribution in [3.63, 3.8) is 0 Å². The molecule has 27 heavy (non-hydrogen) atoms. The molecule has 2 atom stereocenters. The molecular formula is C18H20N4O3S2. The van der Waals surface area contributed by atoms with Crippen LogP contribution < -0.4 is 5.32 Å². The molecule has 1 aliphatic carbocycles. The third-order valence-electron chi connectivity index (χ3n) is 4.71. The topological polar surface area (TPSA) is 105 Å². The Hall–Kier alpha value is -2.10. The molecule has 2 N–H and O–H groups in total. The fourth-order valence-corrected chi connectivity index (χ4v) is 4.96. The molecule has 4 rings (SSSR count). The highest BCUT2D eigenvalue weighted by Crippen LogP contribution is 2.37. The number of anilines is 1. The third kappa shape index (κ3) is 3.54. The lowest BCUT2D eigenvalue weighted by Gasteiger charge is -2.20. The Kier molecular flexibility index (Phi) is 4.61. The summed E-state index contributed by atoms with van der Waals surface area (Å²) in [7, 11) is -3.56. The SMILES string of the molecule is Cc1nc(S(C)(=O)=O)nc(N[C@@H]2CCC[C@H]2O)c1-c1nc2ccccc2s1. The molecule has 2 aromatic heterocycles. The molecule has 0 spiro atoms. The summed E-state index contributed by atoms with van der Waals surface area (Å²) < 4.78 is 25.1. The number of benzene rings is 1. The van der Waals surface area contributed by atoms with E-state index in [0.29, 0.717) is 17.1 Å². The van der Waals surface area contributed by atoms with E-state index in [0.717, 1.165) is 40.7 Å². The Balaban J connectivity index is 1.88. The van der Waals surface area contributed by atoms with Crippen molar-refractivity contribution in [2.45, 2.75) is 43.5 Å². The number of aliphatic hydroxyl groups is 1. The second-order valence-corrected chi connectivity index (χ2v) is 9.76. The first-order valence-electron chi connectivity index (χ1n) is 8.72. The molecule has 7 nitrogen and oxygen atoms in total. The minimum atomic E-state index is -3.56. The largest absolute Gasteiger partial charge is 0.391 e. The maximum atomic E-state index is 12.0. The predicted molar refractivity (Wildman–Crippen MR) is 106 cm³/mol. The number of aliphatic hydroxyl groups excluding tert-OH is 1. The molecule has 0 aliphatic heterocycles. The summed E-state index contributed by atoms with van der Waals surface area (Å²) in [5, 5.41) is 13.9. The number of fused-ring (bicyclic) bond motifs is 1. The van der Waals surface area contributed by atoms with Crippen LogP contribution in [0.2, 0.25) is 0 Å². The fourth-order valence-electron chi connectivity index (χ4n) is 3.34. The molecule has 2 heterocycles. The van der Waals surface area contributed by atoms with Crippen molar-refractivity contribution in [3.05, 3.63) is 30.0 Å². The molecule has 0 bridgehead atoms. The molecule has 1 aromatic carbocycles. The zero-order valence-electron chi connectivity index (χ0n) is 15.0. The number of hydrogen-bond acceptors (Lipinski definition) is 8. The van der Waals surface area contributed by atoms with Gasteiger partial charge in [0.1, 0.15) is 10.8 Å². The van der Waals surface area contributed by atoms with E-state index in [2.05, 4.69) is 20.3 Å². The van der Waals surface area contributed by atoms with Crippen LogP contribution in [0, 0.1) is 6.92 Å². The lowest BCUT2D eigenvalue weighted by Crippen LogP contribution is -2.29. The molecule has 9 heteroatoms. The van der Waals surface area contributed by atoms with Crippen molar-refractivity contribution in [2.24, 2.45) is 0 Å². The molecule has 3 aromatic rings. The normalized spacial score (nSPS) is 20.3. The zero-order valence-corrected chi connectivity index (χ0v) is 16.6. The summed E-state index contributed by atoms with van der Waals surface area (Å²) in [6.45, 7) is 1.76. The van der Waals surface area contributed by atoms with Crippen LogP contribution >= 0.6 is 11.3 Å². The van der Waals surface area contributed by atoms with Gasteiger partial charge in [0.15, 0.2) is 0 Å². The molecule has 1 aliphatic rings. The number of hydrogen-bond donors (Lipinski definition) is 2. The summed E-state index contributed by atoms with van der Waals surface area (Å²) >= 11 is 1.51. The Morgan fingerprint density at radius 3 is 2.63 bits per heavy atom. The van der Waals surface area contributed by atoms with Gasteiger partial charge in [0, 0.05) is 6.26 Å². The standard InChI is InChI=1S/C18H20N4O3S2/c1-10-15(17-21-12-6-3-4-9-14(12)26-17)16(20-11-7-5-8-13(11)23)22-18(19-10)27(2,24)25/h3-4,6,9,11,13,23H,5,7-8H2,1-2H3,(H,19,20,22)/t11-,13-/m1/s1. The maximum absolute atomic E-state index is 12.0. The van der Waals surface area contributed by atoms with Crippen LogP contribution in [0.3, 0.4) is 0 Å². The number of aryl methyl sites for hydroxylation is 1. The molecule has 1 saturated carbocycles. The van der Waals surface area contributed by atoms with E-state index in [-0.39, 0.29) is 11.2 Å². The number of nitrogens with one attached hydrogen (secondary N) is 1. The quantitative estimate of drug-likeness (QED) is 0.644. The summed E-state index contributed by atoms with van der Waals surface area (Å²) in [6.07, 6.45) is 3.05. The first kappa shape index (κ1) is 18.3. The Morgan fingerprint density at radius 1 is 1.19 bits per heavy atom. The highest BCUT2D eigenvalue weighted by atomic mass is 32.2. The summed E-state index contributed by atoms with van der Waals surface area (Å²) in [5.74, 6) is 0.410. The summed E-state index contributed by atoms with van der Waals surface area (Å²) in [4.78, 5) is 13.2. The van der Waals surface area contributed by atoms with Gasteiger partial charge in [-0.25, -0.2) is 23.4 Å². The highest BCUT2D eigenvalue weighted by molar-refractivity contribution is 7.90. The average Bonchev–Trinajstić information content (AvgIpc) is 3.20. The van der Waals surface area contributed by atoms with E-state index in [1.165, 1.54) is 11.3 Å². The second-order valence-electron chi connectivity index (χ2n) is 6.82. The first-order chi connectivity index (χ1) is 12.8. The number of para-hydroxylation sites is 1. The molecule has 0 amide bonds. The first-order valence-corrected chi connectivity index (χ1v) is 11.4. The van der Waals surface area contributed by atoms with Crippen molar-refractivity contribution in [3.8, 4) is 10.6 Å². The number of aromatic nitrogens is 3. The zero-order chi connectivity index (χ0) is 19.2. The van der Waals surface area contributed by atoms with E-state index >= 15 is 0 Å². The molecule has 0 saturated heterocycles. The van der Waals surface area contributed by atoms with Crippen molar-refractivity contribution >= 4 is 37.2 Å². The van der Waals surface area contributed by atoms with Crippen molar-refractivity contribution < 1.29 is 13.5 Å². The third-order valence-corrected chi connectivity index (χ3v) is 6.61. The van der Waals surface area contributed by atoms with E-state index in [9.17, 15) is 13.5 Å². The number of sulfone groups is 1. The monoisotopic (exact) mass is 404 g/mol. The van der Waals surface area contributed by atoms with Gasteiger partial charge in [0.25, 0.3) is 0 Å². The smallest absolute Gasteiger partial charge is 0.249 e. The van der Waals surface area contributed by atoms with Gasteiger partial charge in [0.05, 0.1) is 33.6 Å². The van der Waals surface area contributed by atoms with Gasteiger partial charge in [-0.3, -0.25) is 0 Å². The molecular weight excluding hydrogens is 384 g/mol. The van der Waals surface area contributed by atoms with Crippen LogP contribution in [-0.4, -0.2) is 46.9 Å². The maximum Gasteiger partial charge on any atom is 0.249 e. The van der Waals surface area contributed by atoms with Gasteiger partial charge in [-0.1, -0.05) is 12.1 Å². The van der Waals surface area contributed by atoms with E-state index in [1.807, 2.05) is 24.3 Å². The summed E-state index contributed by atoms with van der Waals surface area (Å²) in [6, 6.07) is 7.64. The molecule has 142 valence electrons. The predicted octanol–water partition coefficient (Wildman–Crippen LogP) is 2.79. The number of rotatable bonds is 4. The second kappa shape index (κ2) is 6.81. The van der Waals surface area contributed by atoms with E-state index in [1.54, 1.807) is 6.92 Å². The van der Waals surface area contributed by atoms with Crippen LogP contribution in [0.1, 0.15) is 25.0 Å². The van der Waals surface area contributed by atoms with Crippen LogP contribution in [0.15, 0.2) is 29.4 Å². The van der Waals surface area contributed by atoms with Gasteiger partial charge in [-0.2, -0.15) is 0 Å². The number of nitrogens with zero attached hydrogens (tertiary/aromatic N) is 3. The van der Waals surface area contributed by atoms with Gasteiger partial charge in [0.2, 0.25) is 15.0 Å². The van der Waals surface area contributed by atoms with Crippen LogP contribution in [0.4, 0.5) is 5.82 Å². The lowest BCUT2D eigenvalue weighted by atomic mass is 10.2. The van der Waals surface area contributed by atoms with E-state index in [4.69, 9.17) is 0 Å². The summed E-state index contributed by atoms with van der Waals surface area (Å²) in [5.41, 5.74) is 2.10. The van der Waals surface area contributed by atoms with Gasteiger partial charge >= 0.3 is 0 Å². The van der Waals surface area contributed by atoms with Crippen LogP contribution in [0.25, 0.3) is 20.8 Å². The van der Waals surface area contributed by atoms with Crippen LogP contribution in [0.5, 0.6) is 0 Å². The van der Waals surface area contributed by atoms with Gasteiger partial charge < -0.3 is 10.4 Å². The Bertz CT molecular complexity index is 1080.